The van der Waals surface area contributed by atoms with Crippen molar-refractivity contribution in [2.24, 2.45) is 0 Å². The Balaban J connectivity index is 1.30. The Kier molecular flexibility index (Phi) is 5.40. The summed E-state index contributed by atoms with van der Waals surface area (Å²) in [5.74, 6) is -0.583. The lowest BCUT2D eigenvalue weighted by Crippen LogP contribution is -2.13. The maximum atomic E-state index is 12.7. The number of pyridine rings is 1. The number of thiazole rings is 1. The molecule has 3 aromatic heterocycles. The molecule has 32 heavy (non-hydrogen) atoms. The molecule has 1 fully saturated rings. The zero-order chi connectivity index (χ0) is 22.1. The molecule has 0 bridgehead atoms. The van der Waals surface area contributed by atoms with Gasteiger partial charge in [-0.1, -0.05) is 18.9 Å². The number of amides is 1. The van der Waals surface area contributed by atoms with E-state index in [2.05, 4.69) is 20.4 Å². The first-order chi connectivity index (χ1) is 15.6. The topological polar surface area (TPSA) is 99.0 Å². The summed E-state index contributed by atoms with van der Waals surface area (Å²) in [7, 11) is 0. The van der Waals surface area contributed by atoms with Gasteiger partial charge in [-0.05, 0) is 44.0 Å². The van der Waals surface area contributed by atoms with Crippen LogP contribution >= 0.6 is 11.3 Å². The highest BCUT2D eigenvalue weighted by atomic mass is 32.1. The van der Waals surface area contributed by atoms with Crippen LogP contribution in [0.2, 0.25) is 0 Å². The molecule has 1 aliphatic rings. The van der Waals surface area contributed by atoms with Crippen LogP contribution in [0.4, 0.5) is 5.13 Å². The SMILES string of the molecule is Cc1cnc(NC(=O)c2cccc(OC(=O)c3cnc4c(cnn4C4CCCC4)c3)c2)s1. The summed E-state index contributed by atoms with van der Waals surface area (Å²) in [4.78, 5) is 34.8. The molecule has 0 radical (unpaired) electrons. The van der Waals surface area contributed by atoms with E-state index in [9.17, 15) is 9.59 Å². The Labute approximate surface area is 188 Å². The molecule has 1 N–H and O–H groups in total. The second-order valence-corrected chi connectivity index (χ2v) is 9.05. The predicted octanol–water partition coefficient (Wildman–Crippen LogP) is 4.78. The summed E-state index contributed by atoms with van der Waals surface area (Å²) < 4.78 is 7.46. The van der Waals surface area contributed by atoms with Crippen LogP contribution in [-0.4, -0.2) is 31.6 Å². The van der Waals surface area contributed by atoms with Crippen molar-refractivity contribution in [2.75, 3.05) is 5.32 Å². The number of carbonyl (C=O) groups is 2. The summed E-state index contributed by atoms with van der Waals surface area (Å²) in [6.07, 6.45) is 9.57. The van der Waals surface area contributed by atoms with Gasteiger partial charge in [0.2, 0.25) is 0 Å². The molecule has 3 heterocycles. The minimum atomic E-state index is -0.541. The molecule has 0 aliphatic heterocycles. The van der Waals surface area contributed by atoms with E-state index in [0.717, 1.165) is 28.8 Å². The normalized spacial score (nSPS) is 14.0. The number of ether oxygens (including phenoxy) is 1. The Morgan fingerprint density at radius 1 is 1.09 bits per heavy atom. The number of benzene rings is 1. The summed E-state index contributed by atoms with van der Waals surface area (Å²) >= 11 is 1.39. The van der Waals surface area contributed by atoms with Gasteiger partial charge in [-0.15, -0.1) is 11.3 Å². The Morgan fingerprint density at radius 3 is 2.72 bits per heavy atom. The van der Waals surface area contributed by atoms with Gasteiger partial charge in [0.1, 0.15) is 5.75 Å². The van der Waals surface area contributed by atoms with Gasteiger partial charge in [0.25, 0.3) is 5.91 Å². The second kappa shape index (κ2) is 8.51. The minimum absolute atomic E-state index is 0.278. The van der Waals surface area contributed by atoms with Gasteiger partial charge < -0.3 is 4.74 Å². The van der Waals surface area contributed by atoms with Crippen LogP contribution in [0.1, 0.15) is 57.3 Å². The van der Waals surface area contributed by atoms with Gasteiger partial charge in [0, 0.05) is 28.2 Å². The van der Waals surface area contributed by atoms with Crippen LogP contribution in [0.15, 0.2) is 48.9 Å². The first kappa shape index (κ1) is 20.3. The number of aryl methyl sites for hydroxylation is 1. The van der Waals surface area contributed by atoms with Crippen LogP contribution in [0, 0.1) is 6.92 Å². The monoisotopic (exact) mass is 447 g/mol. The third-order valence-corrected chi connectivity index (χ3v) is 6.32. The van der Waals surface area contributed by atoms with Gasteiger partial charge in [0.15, 0.2) is 10.8 Å². The van der Waals surface area contributed by atoms with Crippen LogP contribution in [0.3, 0.4) is 0 Å². The van der Waals surface area contributed by atoms with Crippen LogP contribution in [0.25, 0.3) is 11.0 Å². The third-order valence-electron chi connectivity index (χ3n) is 5.49. The highest BCUT2D eigenvalue weighted by Gasteiger charge is 2.21. The molecule has 0 spiro atoms. The highest BCUT2D eigenvalue weighted by Crippen LogP contribution is 2.31. The molecule has 8 nitrogen and oxygen atoms in total. The molecular weight excluding hydrogens is 426 g/mol. The molecule has 1 aromatic carbocycles. The molecule has 0 atom stereocenters. The van der Waals surface area contributed by atoms with Crippen molar-refractivity contribution < 1.29 is 14.3 Å². The fraction of sp³-hybridized carbons (Fsp3) is 0.261. The van der Waals surface area contributed by atoms with Crippen molar-refractivity contribution in [3.05, 3.63) is 64.9 Å². The molecule has 162 valence electrons. The number of hydrogen-bond donors (Lipinski definition) is 1. The molecule has 1 saturated carbocycles. The first-order valence-corrected chi connectivity index (χ1v) is 11.3. The van der Waals surface area contributed by atoms with Crippen molar-refractivity contribution >= 4 is 39.4 Å². The smallest absolute Gasteiger partial charge is 0.345 e. The number of carbonyl (C=O) groups excluding carboxylic acids is 2. The molecule has 9 heteroatoms. The average molecular weight is 448 g/mol. The number of fused-ring (bicyclic) bond motifs is 1. The number of nitrogens with one attached hydrogen (secondary N) is 1. The fourth-order valence-electron chi connectivity index (χ4n) is 3.92. The lowest BCUT2D eigenvalue weighted by Gasteiger charge is -2.10. The van der Waals surface area contributed by atoms with Gasteiger partial charge in [-0.3, -0.25) is 10.1 Å². The lowest BCUT2D eigenvalue weighted by molar-refractivity contribution is 0.0733. The van der Waals surface area contributed by atoms with E-state index in [4.69, 9.17) is 4.74 Å². The van der Waals surface area contributed by atoms with Crippen LogP contribution < -0.4 is 10.1 Å². The molecule has 4 aromatic rings. The van der Waals surface area contributed by atoms with Gasteiger partial charge >= 0.3 is 5.97 Å². The van der Waals surface area contributed by atoms with E-state index >= 15 is 0 Å². The van der Waals surface area contributed by atoms with Gasteiger partial charge in [-0.2, -0.15) is 5.10 Å². The second-order valence-electron chi connectivity index (χ2n) is 7.81. The van der Waals surface area contributed by atoms with Gasteiger partial charge in [0.05, 0.1) is 17.8 Å². The molecule has 1 aliphatic carbocycles. The number of aromatic nitrogens is 4. The maximum absolute atomic E-state index is 12.7. The van der Waals surface area contributed by atoms with Crippen LogP contribution in [0.5, 0.6) is 5.75 Å². The molecule has 5 rings (SSSR count). The Hall–Kier alpha value is -3.59. The zero-order valence-corrected chi connectivity index (χ0v) is 18.3. The predicted molar refractivity (Wildman–Crippen MR) is 121 cm³/mol. The maximum Gasteiger partial charge on any atom is 0.345 e. The van der Waals surface area contributed by atoms with E-state index in [1.54, 1.807) is 36.7 Å². The summed E-state index contributed by atoms with van der Waals surface area (Å²) in [5, 5.41) is 8.55. The van der Waals surface area contributed by atoms with Crippen molar-refractivity contribution in [3.63, 3.8) is 0 Å². The third kappa shape index (κ3) is 4.11. The molecule has 0 unspecified atom stereocenters. The Morgan fingerprint density at radius 2 is 1.94 bits per heavy atom. The number of anilines is 1. The molecular formula is C23H21N5O3S. The largest absolute Gasteiger partial charge is 0.423 e. The first-order valence-electron chi connectivity index (χ1n) is 10.5. The number of esters is 1. The lowest BCUT2D eigenvalue weighted by atomic mass is 10.2. The minimum Gasteiger partial charge on any atom is -0.423 e. The Bertz CT molecular complexity index is 1310. The van der Waals surface area contributed by atoms with Gasteiger partial charge in [-0.25, -0.2) is 19.4 Å². The van der Waals surface area contributed by atoms with Crippen molar-refractivity contribution in [1.82, 2.24) is 19.7 Å². The van der Waals surface area contributed by atoms with Crippen molar-refractivity contribution in [3.8, 4) is 5.75 Å². The van der Waals surface area contributed by atoms with E-state index < -0.39 is 5.97 Å². The number of hydrogen-bond acceptors (Lipinski definition) is 7. The quantitative estimate of drug-likeness (QED) is 0.349. The standard InChI is InChI=1S/C23H21N5O3S/c1-14-11-25-23(32-14)27-21(29)15-5-4-8-19(10-15)31-22(30)17-9-16-13-26-28(20(16)24-12-17)18-6-2-3-7-18/h4-5,8-13,18H,2-3,6-7H2,1H3,(H,25,27,29). The summed E-state index contributed by atoms with van der Waals surface area (Å²) in [5.41, 5.74) is 1.48. The summed E-state index contributed by atoms with van der Waals surface area (Å²) in [6, 6.07) is 8.59. The van der Waals surface area contributed by atoms with E-state index in [0.29, 0.717) is 22.3 Å². The molecule has 1 amide bonds. The number of rotatable bonds is 5. The van der Waals surface area contributed by atoms with E-state index in [1.165, 1.54) is 36.4 Å². The summed E-state index contributed by atoms with van der Waals surface area (Å²) in [6.45, 7) is 1.92. The van der Waals surface area contributed by atoms with E-state index in [-0.39, 0.29) is 11.7 Å². The number of nitrogens with zero attached hydrogens (tertiary/aromatic N) is 4. The van der Waals surface area contributed by atoms with Crippen LogP contribution in [-0.2, 0) is 0 Å². The zero-order valence-electron chi connectivity index (χ0n) is 17.4. The average Bonchev–Trinajstić information content (AvgIpc) is 3.54. The highest BCUT2D eigenvalue weighted by molar-refractivity contribution is 7.15. The van der Waals surface area contributed by atoms with Crippen molar-refractivity contribution in [1.29, 1.82) is 0 Å². The van der Waals surface area contributed by atoms with Crippen molar-refractivity contribution in [2.45, 2.75) is 38.6 Å². The van der Waals surface area contributed by atoms with E-state index in [1.807, 2.05) is 11.6 Å². The molecule has 0 saturated heterocycles. The fourth-order valence-corrected chi connectivity index (χ4v) is 4.58.